The lowest BCUT2D eigenvalue weighted by Crippen LogP contribution is -2.48. The Hall–Kier alpha value is -1.98. The van der Waals surface area contributed by atoms with Crippen LogP contribution in [-0.2, 0) is 0 Å². The second-order valence-electron chi connectivity index (χ2n) is 5.30. The van der Waals surface area contributed by atoms with Gasteiger partial charge >= 0.3 is 6.09 Å². The third kappa shape index (κ3) is 2.50. The van der Waals surface area contributed by atoms with Crippen LogP contribution in [0.15, 0.2) is 12.1 Å². The molecule has 0 aromatic carbocycles. The number of methoxy groups -OCH3 is 1. The van der Waals surface area contributed by atoms with Crippen molar-refractivity contribution in [2.75, 3.05) is 38.2 Å². The van der Waals surface area contributed by atoms with Gasteiger partial charge in [-0.25, -0.2) is 4.79 Å². The summed E-state index contributed by atoms with van der Waals surface area (Å²) in [6.07, 6.45) is 1.59. The largest absolute Gasteiger partial charge is 0.481 e. The Bertz CT molecular complexity index is 508. The van der Waals surface area contributed by atoms with Gasteiger partial charge in [0.05, 0.1) is 7.11 Å². The van der Waals surface area contributed by atoms with Crippen molar-refractivity contribution >= 4 is 11.9 Å². The summed E-state index contributed by atoms with van der Waals surface area (Å²) in [4.78, 5) is 19.0. The zero-order valence-corrected chi connectivity index (χ0v) is 11.6. The molecule has 0 bridgehead atoms. The first-order valence-electron chi connectivity index (χ1n) is 6.97. The number of ether oxygens (including phenoxy) is 1. The van der Waals surface area contributed by atoms with Gasteiger partial charge in [-0.2, -0.15) is 4.98 Å². The number of carboxylic acid groups (broad SMARTS) is 1. The number of hydrogen-bond donors (Lipinski definition) is 1. The zero-order chi connectivity index (χ0) is 14.1. The van der Waals surface area contributed by atoms with Crippen LogP contribution in [0, 0.1) is 0 Å². The minimum absolute atomic E-state index is 0.518. The van der Waals surface area contributed by atoms with E-state index < -0.39 is 6.09 Å². The van der Waals surface area contributed by atoms with Crippen LogP contribution >= 0.6 is 0 Å². The van der Waals surface area contributed by atoms with Gasteiger partial charge in [-0.1, -0.05) is 0 Å². The molecule has 1 aliphatic heterocycles. The molecule has 6 heteroatoms. The second-order valence-corrected chi connectivity index (χ2v) is 5.30. The molecule has 2 fully saturated rings. The van der Waals surface area contributed by atoms with E-state index in [2.05, 4.69) is 16.0 Å². The van der Waals surface area contributed by atoms with Gasteiger partial charge in [0.25, 0.3) is 0 Å². The Kier molecular flexibility index (Phi) is 3.38. The van der Waals surface area contributed by atoms with Crippen molar-refractivity contribution in [3.63, 3.8) is 0 Å². The fourth-order valence-corrected chi connectivity index (χ4v) is 2.61. The highest BCUT2D eigenvalue weighted by Gasteiger charge is 2.28. The zero-order valence-electron chi connectivity index (χ0n) is 11.6. The molecule has 3 rings (SSSR count). The first-order valence-corrected chi connectivity index (χ1v) is 6.97. The number of pyridine rings is 1. The van der Waals surface area contributed by atoms with Gasteiger partial charge in [0.2, 0.25) is 5.88 Å². The van der Waals surface area contributed by atoms with E-state index in [1.54, 1.807) is 7.11 Å². The molecule has 1 saturated carbocycles. The molecule has 0 unspecified atom stereocenters. The predicted octanol–water partition coefficient (Wildman–Crippen LogP) is 1.77. The number of anilines is 1. The molecule has 1 aliphatic carbocycles. The lowest BCUT2D eigenvalue weighted by molar-refractivity contribution is 0.142. The van der Waals surface area contributed by atoms with Gasteiger partial charge < -0.3 is 19.6 Å². The van der Waals surface area contributed by atoms with Gasteiger partial charge in [0, 0.05) is 31.7 Å². The molecule has 0 radical (unpaired) electrons. The summed E-state index contributed by atoms with van der Waals surface area (Å²) in [5.41, 5.74) is 1.19. The van der Waals surface area contributed by atoms with Crippen molar-refractivity contribution < 1.29 is 14.6 Å². The van der Waals surface area contributed by atoms with Gasteiger partial charge in [0.1, 0.15) is 5.82 Å². The van der Waals surface area contributed by atoms with E-state index in [-0.39, 0.29) is 0 Å². The minimum atomic E-state index is -0.848. The molecule has 6 nitrogen and oxygen atoms in total. The Labute approximate surface area is 118 Å². The fraction of sp³-hybridized carbons (Fsp3) is 0.571. The van der Waals surface area contributed by atoms with Crippen LogP contribution in [0.3, 0.4) is 0 Å². The van der Waals surface area contributed by atoms with Crippen LogP contribution in [-0.4, -0.2) is 54.4 Å². The minimum Gasteiger partial charge on any atom is -0.481 e. The summed E-state index contributed by atoms with van der Waals surface area (Å²) < 4.78 is 5.40. The van der Waals surface area contributed by atoms with E-state index in [9.17, 15) is 4.79 Å². The maximum atomic E-state index is 10.9. The van der Waals surface area contributed by atoms with Crippen molar-refractivity contribution in [1.29, 1.82) is 0 Å². The van der Waals surface area contributed by atoms with Gasteiger partial charge in [0.15, 0.2) is 0 Å². The summed E-state index contributed by atoms with van der Waals surface area (Å²) in [6.45, 7) is 2.38. The van der Waals surface area contributed by atoms with Crippen LogP contribution in [0.2, 0.25) is 0 Å². The molecule has 2 aliphatic rings. The normalized spacial score (nSPS) is 19.1. The summed E-state index contributed by atoms with van der Waals surface area (Å²) in [5, 5.41) is 8.95. The SMILES string of the molecule is COc1nc(N2CCN(C(=O)O)CC2)ccc1C1CC1. The molecular weight excluding hydrogens is 258 g/mol. The smallest absolute Gasteiger partial charge is 0.407 e. The van der Waals surface area contributed by atoms with E-state index >= 15 is 0 Å². The molecule has 1 saturated heterocycles. The number of hydrogen-bond acceptors (Lipinski definition) is 4. The monoisotopic (exact) mass is 277 g/mol. The van der Waals surface area contributed by atoms with E-state index in [0.717, 1.165) is 5.82 Å². The van der Waals surface area contributed by atoms with Crippen molar-refractivity contribution in [3.8, 4) is 5.88 Å². The number of aromatic nitrogens is 1. The van der Waals surface area contributed by atoms with Crippen LogP contribution in [0.5, 0.6) is 5.88 Å². The molecule has 1 aromatic rings. The maximum absolute atomic E-state index is 10.9. The first-order chi connectivity index (χ1) is 9.69. The van der Waals surface area contributed by atoms with E-state index in [1.165, 1.54) is 23.3 Å². The van der Waals surface area contributed by atoms with E-state index in [4.69, 9.17) is 9.84 Å². The highest BCUT2D eigenvalue weighted by atomic mass is 16.5. The third-order valence-corrected chi connectivity index (χ3v) is 3.96. The molecule has 1 N–H and O–H groups in total. The van der Waals surface area contributed by atoms with Crippen molar-refractivity contribution in [1.82, 2.24) is 9.88 Å². The van der Waals surface area contributed by atoms with Gasteiger partial charge in [-0.15, -0.1) is 0 Å². The Morgan fingerprint density at radius 2 is 2.00 bits per heavy atom. The van der Waals surface area contributed by atoms with Crippen LogP contribution < -0.4 is 9.64 Å². The quantitative estimate of drug-likeness (QED) is 0.912. The van der Waals surface area contributed by atoms with Crippen LogP contribution in [0.25, 0.3) is 0 Å². The summed E-state index contributed by atoms with van der Waals surface area (Å²) in [7, 11) is 1.65. The number of piperazine rings is 1. The third-order valence-electron chi connectivity index (χ3n) is 3.96. The second kappa shape index (κ2) is 5.19. The van der Waals surface area contributed by atoms with Gasteiger partial charge in [-0.3, -0.25) is 0 Å². The standard InChI is InChI=1S/C14H19N3O3/c1-20-13-11(10-2-3-10)4-5-12(15-13)16-6-8-17(9-7-16)14(18)19/h4-5,10H,2-3,6-9H2,1H3,(H,18,19). The number of amides is 1. The molecule has 1 aromatic heterocycles. The lowest BCUT2D eigenvalue weighted by atomic mass is 10.1. The van der Waals surface area contributed by atoms with Crippen molar-refractivity contribution in [2.45, 2.75) is 18.8 Å². The van der Waals surface area contributed by atoms with E-state index in [1.807, 2.05) is 6.07 Å². The van der Waals surface area contributed by atoms with Crippen LogP contribution in [0.1, 0.15) is 24.3 Å². The topological polar surface area (TPSA) is 65.9 Å². The average Bonchev–Trinajstić information content (AvgIpc) is 3.31. The van der Waals surface area contributed by atoms with Crippen LogP contribution in [0.4, 0.5) is 10.6 Å². The highest BCUT2D eigenvalue weighted by Crippen LogP contribution is 2.44. The van der Waals surface area contributed by atoms with E-state index in [0.29, 0.717) is 38.0 Å². The molecular formula is C14H19N3O3. The fourth-order valence-electron chi connectivity index (χ4n) is 2.61. The molecule has 0 spiro atoms. The Balaban J connectivity index is 1.73. The average molecular weight is 277 g/mol. The molecule has 108 valence electrons. The van der Waals surface area contributed by atoms with Gasteiger partial charge in [-0.05, 0) is 30.9 Å². The lowest BCUT2D eigenvalue weighted by Gasteiger charge is -2.34. The maximum Gasteiger partial charge on any atom is 0.407 e. The molecule has 1 amide bonds. The number of rotatable bonds is 3. The summed E-state index contributed by atoms with van der Waals surface area (Å²) in [5.74, 6) is 2.19. The Morgan fingerprint density at radius 1 is 1.30 bits per heavy atom. The predicted molar refractivity (Wildman–Crippen MR) is 74.6 cm³/mol. The number of carbonyl (C=O) groups is 1. The highest BCUT2D eigenvalue weighted by molar-refractivity contribution is 5.65. The number of nitrogens with zero attached hydrogens (tertiary/aromatic N) is 3. The summed E-state index contributed by atoms with van der Waals surface area (Å²) in [6, 6.07) is 4.12. The summed E-state index contributed by atoms with van der Waals surface area (Å²) >= 11 is 0. The molecule has 20 heavy (non-hydrogen) atoms. The molecule has 0 atom stereocenters. The Morgan fingerprint density at radius 3 is 2.55 bits per heavy atom. The first kappa shape index (κ1) is 13.0. The van der Waals surface area contributed by atoms with Crippen molar-refractivity contribution in [2.24, 2.45) is 0 Å². The molecule has 2 heterocycles. The van der Waals surface area contributed by atoms with Crippen molar-refractivity contribution in [3.05, 3.63) is 17.7 Å².